The molecule has 0 saturated heterocycles. The molecule has 2 aromatic carbocycles. The molecule has 5 rings (SSSR count). The number of nitriles is 1. The van der Waals surface area contributed by atoms with E-state index in [1.165, 1.54) is 23.9 Å². The maximum absolute atomic E-state index is 13.4. The van der Waals surface area contributed by atoms with Crippen molar-refractivity contribution < 1.29 is 4.79 Å². The highest BCUT2D eigenvalue weighted by molar-refractivity contribution is 5.96. The first-order chi connectivity index (χ1) is 17.6. The molecular weight excluding hydrogens is 446 g/mol. The van der Waals surface area contributed by atoms with Crippen molar-refractivity contribution in [3.63, 3.8) is 0 Å². The molecule has 0 bridgehead atoms. The van der Waals surface area contributed by atoms with Gasteiger partial charge in [0.25, 0.3) is 5.91 Å². The molecule has 1 aromatic heterocycles. The molecule has 0 atom stereocenters. The van der Waals surface area contributed by atoms with Gasteiger partial charge in [0.2, 0.25) is 0 Å². The highest BCUT2D eigenvalue weighted by atomic mass is 16.1. The van der Waals surface area contributed by atoms with Gasteiger partial charge >= 0.3 is 0 Å². The Hall–Kier alpha value is -3.56. The predicted molar refractivity (Wildman–Crippen MR) is 140 cm³/mol. The summed E-state index contributed by atoms with van der Waals surface area (Å²) in [6.07, 6.45) is 13.6. The van der Waals surface area contributed by atoms with Crippen LogP contribution in [-0.2, 0) is 12.8 Å². The van der Waals surface area contributed by atoms with Gasteiger partial charge in [-0.15, -0.1) is 0 Å². The van der Waals surface area contributed by atoms with Gasteiger partial charge in [-0.2, -0.15) is 5.26 Å². The highest BCUT2D eigenvalue weighted by Gasteiger charge is 2.34. The Morgan fingerprint density at radius 2 is 1.75 bits per heavy atom. The van der Waals surface area contributed by atoms with Crippen molar-refractivity contribution in [1.29, 1.82) is 5.26 Å². The Balaban J connectivity index is 1.25. The molecule has 6 nitrogen and oxygen atoms in total. The van der Waals surface area contributed by atoms with Crippen LogP contribution in [0.5, 0.6) is 0 Å². The average Bonchev–Trinajstić information content (AvgIpc) is 3.15. The van der Waals surface area contributed by atoms with E-state index in [9.17, 15) is 10.1 Å². The van der Waals surface area contributed by atoms with Crippen LogP contribution in [0.4, 0.5) is 0 Å². The zero-order valence-corrected chi connectivity index (χ0v) is 20.7. The van der Waals surface area contributed by atoms with E-state index in [4.69, 9.17) is 0 Å². The number of nitrogens with one attached hydrogen (secondary N) is 1. The van der Waals surface area contributed by atoms with E-state index in [1.54, 1.807) is 12.4 Å². The molecule has 184 valence electrons. The molecular formula is C30H33N5O. The van der Waals surface area contributed by atoms with Gasteiger partial charge in [-0.1, -0.05) is 37.5 Å². The molecule has 36 heavy (non-hydrogen) atoms. The zero-order valence-electron chi connectivity index (χ0n) is 20.7. The maximum atomic E-state index is 13.4. The van der Waals surface area contributed by atoms with Gasteiger partial charge in [0.1, 0.15) is 6.33 Å². The third-order valence-corrected chi connectivity index (χ3v) is 7.84. The summed E-state index contributed by atoms with van der Waals surface area (Å²) in [6.45, 7) is 2.98. The Morgan fingerprint density at radius 1 is 0.972 bits per heavy atom. The maximum Gasteiger partial charge on any atom is 0.251 e. The summed E-state index contributed by atoms with van der Waals surface area (Å²) in [5.41, 5.74) is 5.79. The van der Waals surface area contributed by atoms with Crippen molar-refractivity contribution in [2.24, 2.45) is 0 Å². The molecule has 2 heterocycles. The van der Waals surface area contributed by atoms with Crippen molar-refractivity contribution in [2.45, 2.75) is 56.9 Å². The van der Waals surface area contributed by atoms with Gasteiger partial charge < -0.3 is 10.2 Å². The lowest BCUT2D eigenvalue weighted by Crippen LogP contribution is -2.51. The second kappa shape index (κ2) is 11.0. The summed E-state index contributed by atoms with van der Waals surface area (Å²) in [5.74, 6) is 0.00269. The minimum absolute atomic E-state index is 0.00269. The van der Waals surface area contributed by atoms with E-state index in [1.807, 2.05) is 30.3 Å². The van der Waals surface area contributed by atoms with Crippen molar-refractivity contribution in [1.82, 2.24) is 20.2 Å². The molecule has 1 fully saturated rings. The average molecular weight is 480 g/mol. The molecule has 3 aromatic rings. The van der Waals surface area contributed by atoms with Gasteiger partial charge in [-0.25, -0.2) is 9.97 Å². The summed E-state index contributed by atoms with van der Waals surface area (Å²) >= 11 is 0. The van der Waals surface area contributed by atoms with Gasteiger partial charge in [0, 0.05) is 48.7 Å². The Labute approximate surface area is 213 Å². The van der Waals surface area contributed by atoms with Crippen LogP contribution in [0.3, 0.4) is 0 Å². The molecule has 1 N–H and O–H groups in total. The minimum atomic E-state index is -0.158. The monoisotopic (exact) mass is 479 g/mol. The molecule has 1 amide bonds. The normalized spacial score (nSPS) is 17.4. The number of hydrogen-bond acceptors (Lipinski definition) is 5. The number of benzene rings is 2. The zero-order chi connectivity index (χ0) is 24.8. The fourth-order valence-electron chi connectivity index (χ4n) is 5.70. The number of hydrogen-bond donors (Lipinski definition) is 1. The second-order valence-electron chi connectivity index (χ2n) is 10.2. The number of amides is 1. The summed E-state index contributed by atoms with van der Waals surface area (Å²) in [5, 5.41) is 12.7. The lowest BCUT2D eigenvalue weighted by Gasteiger charge is -2.39. The van der Waals surface area contributed by atoms with Crippen LogP contribution in [0.15, 0.2) is 61.2 Å². The molecule has 0 unspecified atom stereocenters. The second-order valence-corrected chi connectivity index (χ2v) is 10.2. The van der Waals surface area contributed by atoms with Crippen LogP contribution in [0, 0.1) is 11.3 Å². The van der Waals surface area contributed by atoms with Gasteiger partial charge in [-0.05, 0) is 73.1 Å². The fraction of sp³-hybridized carbons (Fsp3) is 0.400. The molecule has 1 aliphatic heterocycles. The van der Waals surface area contributed by atoms with Crippen molar-refractivity contribution >= 4 is 5.91 Å². The number of fused-ring (bicyclic) bond motifs is 1. The third kappa shape index (κ3) is 5.63. The summed E-state index contributed by atoms with van der Waals surface area (Å²) in [7, 11) is 0. The van der Waals surface area contributed by atoms with Crippen molar-refractivity contribution in [3.8, 4) is 17.2 Å². The van der Waals surface area contributed by atoms with Crippen molar-refractivity contribution in [2.75, 3.05) is 19.6 Å². The number of nitrogens with zero attached hydrogens (tertiary/aromatic N) is 4. The predicted octanol–water partition coefficient (Wildman–Crippen LogP) is 4.94. The van der Waals surface area contributed by atoms with Crippen molar-refractivity contribution in [3.05, 3.63) is 83.4 Å². The van der Waals surface area contributed by atoms with E-state index in [0.717, 1.165) is 81.3 Å². The minimum Gasteiger partial charge on any atom is -0.347 e. The smallest absolute Gasteiger partial charge is 0.251 e. The quantitative estimate of drug-likeness (QED) is 0.542. The number of aromatic nitrogens is 2. The van der Waals surface area contributed by atoms with Crippen LogP contribution in [0.25, 0.3) is 11.1 Å². The van der Waals surface area contributed by atoms with Crippen LogP contribution >= 0.6 is 0 Å². The summed E-state index contributed by atoms with van der Waals surface area (Å²) in [4.78, 5) is 24.2. The van der Waals surface area contributed by atoms with E-state index < -0.39 is 0 Å². The first kappa shape index (κ1) is 24.1. The Morgan fingerprint density at radius 3 is 2.53 bits per heavy atom. The number of carbonyl (C=O) groups is 1. The van der Waals surface area contributed by atoms with Gasteiger partial charge in [0.15, 0.2) is 0 Å². The first-order valence-electron chi connectivity index (χ1n) is 13.1. The SMILES string of the molecule is N#Cc1ccc2c(c1)CCN(CCC1(NC(=O)c3cccc(-c4cncnc4)c3)CCCCC1)CC2. The van der Waals surface area contributed by atoms with Gasteiger partial charge in [0.05, 0.1) is 11.6 Å². The molecule has 6 heteroatoms. The largest absolute Gasteiger partial charge is 0.347 e. The molecule has 1 saturated carbocycles. The van der Waals surface area contributed by atoms with Crippen LogP contribution in [0.1, 0.15) is 65.6 Å². The van der Waals surface area contributed by atoms with E-state index >= 15 is 0 Å². The topological polar surface area (TPSA) is 81.9 Å². The highest BCUT2D eigenvalue weighted by Crippen LogP contribution is 2.32. The van der Waals surface area contributed by atoms with Crippen LogP contribution < -0.4 is 5.32 Å². The lowest BCUT2D eigenvalue weighted by molar-refractivity contribution is 0.0844. The summed E-state index contributed by atoms with van der Waals surface area (Å²) < 4.78 is 0. The Kier molecular flexibility index (Phi) is 7.39. The van der Waals surface area contributed by atoms with Crippen LogP contribution in [0.2, 0.25) is 0 Å². The summed E-state index contributed by atoms with van der Waals surface area (Å²) in [6, 6.07) is 16.1. The number of carbonyl (C=O) groups excluding carboxylic acids is 1. The van der Waals surface area contributed by atoms with E-state index in [0.29, 0.717) is 5.56 Å². The number of rotatable bonds is 6. The van der Waals surface area contributed by atoms with E-state index in [-0.39, 0.29) is 11.4 Å². The van der Waals surface area contributed by atoms with Crippen LogP contribution in [-0.4, -0.2) is 45.9 Å². The Bertz CT molecular complexity index is 1240. The lowest BCUT2D eigenvalue weighted by atomic mass is 9.79. The fourth-order valence-corrected chi connectivity index (χ4v) is 5.70. The molecule has 0 spiro atoms. The third-order valence-electron chi connectivity index (χ3n) is 7.84. The van der Waals surface area contributed by atoms with E-state index in [2.05, 4.69) is 38.4 Å². The first-order valence-corrected chi connectivity index (χ1v) is 13.1. The van der Waals surface area contributed by atoms with Gasteiger partial charge in [-0.3, -0.25) is 4.79 Å². The molecule has 2 aliphatic rings. The standard InChI is InChI=1S/C30H33N5O/c31-19-23-7-8-24-9-14-35(15-10-26(24)17-23)16-13-30(11-2-1-3-12-30)34-29(36)27-6-4-5-25(18-27)28-20-32-22-33-21-28/h4-8,17-18,20-22H,1-3,9-16H2,(H,34,36). The molecule has 1 aliphatic carbocycles. The molecule has 0 radical (unpaired) electrons.